The van der Waals surface area contributed by atoms with Gasteiger partial charge in [-0.25, -0.2) is 9.69 Å². The van der Waals surface area contributed by atoms with Gasteiger partial charge in [-0.05, 0) is 44.9 Å². The number of rotatable bonds is 3. The Morgan fingerprint density at radius 2 is 2.00 bits per heavy atom. The highest BCUT2D eigenvalue weighted by Gasteiger charge is 2.52. The van der Waals surface area contributed by atoms with Crippen molar-refractivity contribution in [3.05, 3.63) is 35.9 Å². The minimum absolute atomic E-state index is 0.0451. The minimum Gasteiger partial charge on any atom is -0.492 e. The fourth-order valence-corrected chi connectivity index (χ4v) is 3.85. The summed E-state index contributed by atoms with van der Waals surface area (Å²) in [6, 6.07) is 8.36. The number of anilines is 2. The Labute approximate surface area is 161 Å². The van der Waals surface area contributed by atoms with Crippen LogP contribution in [0.1, 0.15) is 32.3 Å². The average molecular weight is 380 g/mol. The van der Waals surface area contributed by atoms with Gasteiger partial charge in [-0.15, -0.1) is 0 Å². The standard InChI is InChI=1S/C20H20N4O4/c1-19(2)17(25)24(18(26)23-19)11-6-7-14(22-16(11)21)28-13-5-3-4-12-15(13)20(8-9-20)10-27-12/h3-7H,8-10H2,1-2H3,(H2,21,22)(H,23,26). The van der Waals surface area contributed by atoms with E-state index in [1.807, 2.05) is 18.2 Å². The van der Waals surface area contributed by atoms with Crippen LogP contribution >= 0.6 is 0 Å². The van der Waals surface area contributed by atoms with Gasteiger partial charge in [0.2, 0.25) is 5.88 Å². The van der Waals surface area contributed by atoms with Crippen LogP contribution in [0.15, 0.2) is 30.3 Å². The Morgan fingerprint density at radius 1 is 1.21 bits per heavy atom. The van der Waals surface area contributed by atoms with Crippen LogP contribution in [0.5, 0.6) is 17.4 Å². The van der Waals surface area contributed by atoms with Gasteiger partial charge < -0.3 is 20.5 Å². The molecule has 8 nitrogen and oxygen atoms in total. The third-order valence-corrected chi connectivity index (χ3v) is 5.57. The molecule has 0 radical (unpaired) electrons. The molecule has 0 unspecified atom stereocenters. The predicted molar refractivity (Wildman–Crippen MR) is 102 cm³/mol. The zero-order valence-electron chi connectivity index (χ0n) is 15.6. The van der Waals surface area contributed by atoms with Crippen LogP contribution in [-0.4, -0.2) is 29.1 Å². The maximum absolute atomic E-state index is 12.5. The molecule has 3 N–H and O–H groups in total. The van der Waals surface area contributed by atoms with Crippen molar-refractivity contribution in [1.82, 2.24) is 10.3 Å². The number of pyridine rings is 1. The highest BCUT2D eigenvalue weighted by molar-refractivity contribution is 6.24. The van der Waals surface area contributed by atoms with E-state index in [0.29, 0.717) is 18.2 Å². The number of carbonyl (C=O) groups is 2. The molecular weight excluding hydrogens is 360 g/mol. The second-order valence-electron chi connectivity index (χ2n) is 8.05. The molecule has 3 aliphatic rings. The molecule has 28 heavy (non-hydrogen) atoms. The molecule has 1 aliphatic carbocycles. The number of urea groups is 1. The summed E-state index contributed by atoms with van der Waals surface area (Å²) in [5.74, 6) is 1.50. The number of carbonyl (C=O) groups excluding carboxylic acids is 2. The maximum Gasteiger partial charge on any atom is 0.329 e. The van der Waals surface area contributed by atoms with Crippen molar-refractivity contribution in [2.24, 2.45) is 0 Å². The summed E-state index contributed by atoms with van der Waals surface area (Å²) in [5, 5.41) is 2.63. The van der Waals surface area contributed by atoms with Crippen LogP contribution < -0.4 is 25.4 Å². The quantitative estimate of drug-likeness (QED) is 0.793. The van der Waals surface area contributed by atoms with Crippen LogP contribution in [-0.2, 0) is 10.2 Å². The van der Waals surface area contributed by atoms with Gasteiger partial charge in [0, 0.05) is 17.0 Å². The predicted octanol–water partition coefficient (Wildman–Crippen LogP) is 2.71. The van der Waals surface area contributed by atoms with Crippen LogP contribution in [0.2, 0.25) is 0 Å². The zero-order chi connectivity index (χ0) is 19.7. The Bertz CT molecular complexity index is 1030. The van der Waals surface area contributed by atoms with E-state index in [9.17, 15) is 9.59 Å². The van der Waals surface area contributed by atoms with Crippen LogP contribution in [0.25, 0.3) is 0 Å². The molecule has 1 spiro atoms. The number of nitrogens with zero attached hydrogens (tertiary/aromatic N) is 2. The Morgan fingerprint density at radius 3 is 2.64 bits per heavy atom. The summed E-state index contributed by atoms with van der Waals surface area (Å²) in [6.45, 7) is 3.96. The van der Waals surface area contributed by atoms with Crippen LogP contribution in [0.4, 0.5) is 16.3 Å². The molecule has 144 valence electrons. The monoisotopic (exact) mass is 380 g/mol. The second-order valence-corrected chi connectivity index (χ2v) is 8.05. The molecule has 8 heteroatoms. The summed E-state index contributed by atoms with van der Waals surface area (Å²) >= 11 is 0. The number of imide groups is 1. The van der Waals surface area contributed by atoms with E-state index in [0.717, 1.165) is 29.1 Å². The summed E-state index contributed by atoms with van der Waals surface area (Å²) in [6.07, 6.45) is 2.16. The van der Waals surface area contributed by atoms with Crippen molar-refractivity contribution >= 4 is 23.4 Å². The summed E-state index contributed by atoms with van der Waals surface area (Å²) in [4.78, 5) is 30.0. The molecule has 3 amide bonds. The van der Waals surface area contributed by atoms with Crippen molar-refractivity contribution in [3.8, 4) is 17.4 Å². The SMILES string of the molecule is CC1(C)NC(=O)N(c2ccc(Oc3cccc4c3C3(CC3)CO4)nc2N)C1=O. The number of hydrogen-bond acceptors (Lipinski definition) is 6. The molecule has 1 saturated heterocycles. The van der Waals surface area contributed by atoms with Gasteiger partial charge in [0.25, 0.3) is 5.91 Å². The van der Waals surface area contributed by atoms with Crippen molar-refractivity contribution < 1.29 is 19.1 Å². The first-order valence-corrected chi connectivity index (χ1v) is 9.18. The molecule has 1 aromatic carbocycles. The smallest absolute Gasteiger partial charge is 0.329 e. The maximum atomic E-state index is 12.5. The first-order chi connectivity index (χ1) is 13.3. The van der Waals surface area contributed by atoms with E-state index in [1.54, 1.807) is 26.0 Å². The van der Waals surface area contributed by atoms with E-state index in [-0.39, 0.29) is 22.8 Å². The van der Waals surface area contributed by atoms with E-state index in [2.05, 4.69) is 10.3 Å². The molecule has 5 rings (SSSR count). The fraction of sp³-hybridized carbons (Fsp3) is 0.350. The lowest BCUT2D eigenvalue weighted by Crippen LogP contribution is -2.40. The van der Waals surface area contributed by atoms with Crippen molar-refractivity contribution in [2.45, 2.75) is 37.6 Å². The van der Waals surface area contributed by atoms with Crippen LogP contribution in [0, 0.1) is 0 Å². The van der Waals surface area contributed by atoms with Gasteiger partial charge >= 0.3 is 6.03 Å². The van der Waals surface area contributed by atoms with E-state index in [1.165, 1.54) is 0 Å². The van der Waals surface area contributed by atoms with Crippen molar-refractivity contribution in [3.63, 3.8) is 0 Å². The van der Waals surface area contributed by atoms with Gasteiger partial charge in [-0.2, -0.15) is 4.98 Å². The number of aromatic nitrogens is 1. The number of fused-ring (bicyclic) bond motifs is 2. The van der Waals surface area contributed by atoms with Gasteiger partial charge in [-0.1, -0.05) is 6.07 Å². The number of amides is 3. The Balaban J connectivity index is 1.46. The molecule has 1 aromatic heterocycles. The van der Waals surface area contributed by atoms with Gasteiger partial charge in [0.15, 0.2) is 5.82 Å². The summed E-state index contributed by atoms with van der Waals surface area (Å²) in [5.41, 5.74) is 6.45. The number of ether oxygens (including phenoxy) is 2. The van der Waals surface area contributed by atoms with Gasteiger partial charge in [-0.3, -0.25) is 4.79 Å². The largest absolute Gasteiger partial charge is 0.492 e. The van der Waals surface area contributed by atoms with E-state index >= 15 is 0 Å². The van der Waals surface area contributed by atoms with Crippen molar-refractivity contribution in [2.75, 3.05) is 17.2 Å². The molecule has 2 aromatic rings. The molecule has 2 aliphatic heterocycles. The lowest BCUT2D eigenvalue weighted by molar-refractivity contribution is -0.121. The third-order valence-electron chi connectivity index (χ3n) is 5.57. The second kappa shape index (κ2) is 5.37. The number of hydrogen-bond donors (Lipinski definition) is 2. The van der Waals surface area contributed by atoms with Gasteiger partial charge in [0.1, 0.15) is 17.0 Å². The average Bonchev–Trinajstić information content (AvgIpc) is 3.26. The lowest BCUT2D eigenvalue weighted by atomic mass is 9.97. The van der Waals surface area contributed by atoms with Crippen molar-refractivity contribution in [1.29, 1.82) is 0 Å². The van der Waals surface area contributed by atoms with Gasteiger partial charge in [0.05, 0.1) is 12.3 Å². The summed E-state index contributed by atoms with van der Waals surface area (Å²) in [7, 11) is 0. The zero-order valence-corrected chi connectivity index (χ0v) is 15.6. The lowest BCUT2D eigenvalue weighted by Gasteiger charge is -2.18. The summed E-state index contributed by atoms with van der Waals surface area (Å²) < 4.78 is 11.8. The minimum atomic E-state index is -0.984. The molecular formula is C20H20N4O4. The highest BCUT2D eigenvalue weighted by atomic mass is 16.5. The number of nitrogens with two attached hydrogens (primary N) is 1. The molecule has 3 heterocycles. The first kappa shape index (κ1) is 16.9. The molecule has 0 bridgehead atoms. The Kier molecular flexibility index (Phi) is 3.23. The van der Waals surface area contributed by atoms with E-state index in [4.69, 9.17) is 15.2 Å². The first-order valence-electron chi connectivity index (χ1n) is 9.18. The number of benzene rings is 1. The molecule has 1 saturated carbocycles. The van der Waals surface area contributed by atoms with Crippen LogP contribution in [0.3, 0.4) is 0 Å². The number of nitrogens with one attached hydrogen (secondary N) is 1. The normalized spacial score (nSPS) is 20.7. The number of nitrogen functional groups attached to an aromatic ring is 1. The Hall–Kier alpha value is -3.29. The topological polar surface area (TPSA) is 107 Å². The third kappa shape index (κ3) is 2.33. The highest BCUT2D eigenvalue weighted by Crippen LogP contribution is 2.58. The fourth-order valence-electron chi connectivity index (χ4n) is 3.85. The molecule has 0 atom stereocenters. The van der Waals surface area contributed by atoms with E-state index < -0.39 is 11.6 Å². The molecule has 2 fully saturated rings.